The number of unbranched alkanes of at least 4 members (excludes halogenated alkanes) is 2. The Morgan fingerprint density at radius 1 is 0.852 bits per heavy atom. The molecule has 0 heterocycles. The Labute approximate surface area is 168 Å². The summed E-state index contributed by atoms with van der Waals surface area (Å²) >= 11 is 0. The van der Waals surface area contributed by atoms with Crippen LogP contribution in [-0.2, 0) is 18.2 Å². The number of nitrogens with one attached hydrogen (secondary N) is 2. The molecule has 0 aliphatic carbocycles. The second-order valence-corrected chi connectivity index (χ2v) is 10.0. The van der Waals surface area contributed by atoms with Gasteiger partial charge in [0.25, 0.3) is 0 Å². The molecular weight excluding hydrogens is 363 g/mol. The maximum atomic E-state index is 13.1. The fourth-order valence-corrected chi connectivity index (χ4v) is 3.64. The maximum Gasteiger partial charge on any atom is 0.492 e. The molecule has 0 aromatic heterocycles. The first kappa shape index (κ1) is 27.0. The summed E-state index contributed by atoms with van der Waals surface area (Å²) in [5, 5.41) is 0. The summed E-state index contributed by atoms with van der Waals surface area (Å²) in [6.07, 6.45) is 8.69. The number of hydrogen-bond donors (Lipinski definition) is 2. The summed E-state index contributed by atoms with van der Waals surface area (Å²) in [4.78, 5) is 0. The second-order valence-electron chi connectivity index (χ2n) is 8.44. The van der Waals surface area contributed by atoms with Gasteiger partial charge in [-0.25, -0.2) is 9.99 Å². The number of rotatable bonds is 17. The smallest absolute Gasteiger partial charge is 0.286 e. The highest BCUT2D eigenvalue weighted by molar-refractivity contribution is 7.48. The van der Waals surface area contributed by atoms with E-state index in [1.54, 1.807) is 0 Å². The van der Waals surface area contributed by atoms with Gasteiger partial charge in [-0.05, 0) is 45.4 Å². The summed E-state index contributed by atoms with van der Waals surface area (Å²) in [5.41, 5.74) is 5.29. The van der Waals surface area contributed by atoms with Gasteiger partial charge in [-0.1, -0.05) is 66.2 Å². The van der Waals surface area contributed by atoms with Crippen molar-refractivity contribution in [2.45, 2.75) is 105 Å². The predicted octanol–water partition coefficient (Wildman–Crippen LogP) is 6.38. The van der Waals surface area contributed by atoms with Crippen molar-refractivity contribution in [2.75, 3.05) is 13.2 Å². The highest BCUT2D eigenvalue weighted by Gasteiger charge is 2.30. The molecule has 0 saturated heterocycles. The van der Waals surface area contributed by atoms with Crippen LogP contribution in [0.5, 0.6) is 0 Å². The first-order valence-corrected chi connectivity index (χ1v) is 12.3. The van der Waals surface area contributed by atoms with E-state index in [1.807, 2.05) is 20.8 Å². The lowest BCUT2D eigenvalue weighted by atomic mass is 10.0. The monoisotopic (exact) mass is 408 g/mol. The third-order valence-corrected chi connectivity index (χ3v) is 5.85. The lowest BCUT2D eigenvalue weighted by Crippen LogP contribution is -2.45. The maximum absolute atomic E-state index is 13.1. The zero-order valence-corrected chi connectivity index (χ0v) is 19.7. The van der Waals surface area contributed by atoms with Crippen LogP contribution in [0.3, 0.4) is 0 Å². The molecule has 0 radical (unpaired) electrons. The molecule has 0 amide bonds. The molecule has 0 fully saturated rings. The van der Waals surface area contributed by atoms with Gasteiger partial charge < -0.3 is 0 Å². The molecule has 0 saturated carbocycles. The van der Waals surface area contributed by atoms with Crippen LogP contribution >= 0.6 is 7.82 Å². The normalized spacial score (nSPS) is 16.9. The molecule has 2 unspecified atom stereocenters. The Morgan fingerprint density at radius 2 is 1.30 bits per heavy atom. The van der Waals surface area contributed by atoms with E-state index < -0.39 is 7.82 Å². The van der Waals surface area contributed by atoms with Gasteiger partial charge in [0, 0.05) is 5.54 Å². The molecule has 27 heavy (non-hydrogen) atoms. The summed E-state index contributed by atoms with van der Waals surface area (Å²) in [6.45, 7) is 15.3. The molecule has 6 nitrogen and oxygen atoms in total. The number of hydrogen-bond acceptors (Lipinski definition) is 6. The Kier molecular flexibility index (Phi) is 15.0. The lowest BCUT2D eigenvalue weighted by molar-refractivity contribution is 0.0257. The van der Waals surface area contributed by atoms with Gasteiger partial charge in [-0.15, -0.1) is 5.59 Å². The van der Waals surface area contributed by atoms with Crippen molar-refractivity contribution in [2.24, 2.45) is 11.8 Å². The van der Waals surface area contributed by atoms with Gasteiger partial charge in [0.2, 0.25) is 0 Å². The minimum Gasteiger partial charge on any atom is -0.286 e. The van der Waals surface area contributed by atoms with Crippen LogP contribution in [0.4, 0.5) is 0 Å². The van der Waals surface area contributed by atoms with E-state index in [-0.39, 0.29) is 5.54 Å². The van der Waals surface area contributed by atoms with Crippen molar-refractivity contribution in [1.29, 1.82) is 0 Å². The van der Waals surface area contributed by atoms with E-state index >= 15 is 0 Å². The zero-order valence-electron chi connectivity index (χ0n) is 18.8. The quantitative estimate of drug-likeness (QED) is 0.215. The summed E-state index contributed by atoms with van der Waals surface area (Å²) in [7, 11) is -3.68. The fraction of sp³-hybridized carbons (Fsp3) is 1.00. The molecule has 0 aliphatic heterocycles. The van der Waals surface area contributed by atoms with Crippen molar-refractivity contribution in [3.8, 4) is 0 Å². The standard InChI is InChI=1S/C20H45N2O4P/c1-8-12-14-18(10-3)16-24-27(23,26-22-21-20(5,6)7)25-17-19(11-4)15-13-9-2/h18-19,21-22H,8-17H2,1-7H3. The van der Waals surface area contributed by atoms with Gasteiger partial charge in [-0.2, -0.15) is 4.62 Å². The van der Waals surface area contributed by atoms with Crippen molar-refractivity contribution in [3.05, 3.63) is 0 Å². The minimum absolute atomic E-state index is 0.231. The number of hydrazine groups is 1. The predicted molar refractivity (Wildman–Crippen MR) is 113 cm³/mol. The van der Waals surface area contributed by atoms with Gasteiger partial charge >= 0.3 is 7.82 Å². The van der Waals surface area contributed by atoms with Crippen LogP contribution in [-0.4, -0.2) is 18.8 Å². The van der Waals surface area contributed by atoms with Gasteiger partial charge in [0.1, 0.15) is 0 Å². The molecule has 0 aliphatic rings. The SMILES string of the molecule is CCCCC(CC)COP(=O)(OCC(CC)CCCC)ONNC(C)(C)C. The summed E-state index contributed by atoms with van der Waals surface area (Å²) in [6, 6.07) is 0. The topological polar surface area (TPSA) is 68.8 Å². The number of phosphoric acid groups is 1. The van der Waals surface area contributed by atoms with Crippen molar-refractivity contribution < 1.29 is 18.2 Å². The first-order chi connectivity index (χ1) is 12.7. The summed E-state index contributed by atoms with van der Waals surface area (Å²) < 4.78 is 29.9. The number of phosphoric ester groups is 1. The van der Waals surface area contributed by atoms with E-state index in [1.165, 1.54) is 0 Å². The van der Waals surface area contributed by atoms with E-state index in [2.05, 4.69) is 38.7 Å². The van der Waals surface area contributed by atoms with Crippen LogP contribution in [0, 0.1) is 11.8 Å². The van der Waals surface area contributed by atoms with E-state index in [9.17, 15) is 4.57 Å². The second kappa shape index (κ2) is 14.9. The van der Waals surface area contributed by atoms with Crippen LogP contribution < -0.4 is 11.0 Å². The fourth-order valence-electron chi connectivity index (χ4n) is 2.51. The molecular formula is C20H45N2O4P. The van der Waals surface area contributed by atoms with Crippen LogP contribution in [0.15, 0.2) is 0 Å². The van der Waals surface area contributed by atoms with Crippen LogP contribution in [0.2, 0.25) is 0 Å². The average molecular weight is 409 g/mol. The van der Waals surface area contributed by atoms with Crippen molar-refractivity contribution in [1.82, 2.24) is 11.0 Å². The van der Waals surface area contributed by atoms with Gasteiger partial charge in [-0.3, -0.25) is 9.05 Å². The third-order valence-electron chi connectivity index (χ3n) is 4.61. The van der Waals surface area contributed by atoms with Gasteiger partial charge in [0.05, 0.1) is 13.2 Å². The average Bonchev–Trinajstić information content (AvgIpc) is 2.61. The molecule has 0 aromatic rings. The van der Waals surface area contributed by atoms with Crippen molar-refractivity contribution >= 4 is 7.82 Å². The summed E-state index contributed by atoms with van der Waals surface area (Å²) in [5.74, 6) is 0.728. The molecule has 2 N–H and O–H groups in total. The van der Waals surface area contributed by atoms with Gasteiger partial charge in [0.15, 0.2) is 0 Å². The zero-order chi connectivity index (χ0) is 20.8. The molecule has 0 rings (SSSR count). The Hall–Kier alpha value is 0.0300. The molecule has 7 heteroatoms. The van der Waals surface area contributed by atoms with Crippen LogP contribution in [0.1, 0.15) is 99.8 Å². The highest BCUT2D eigenvalue weighted by atomic mass is 31.2. The van der Waals surface area contributed by atoms with Crippen LogP contribution in [0.25, 0.3) is 0 Å². The molecule has 2 atom stereocenters. The molecule has 0 bridgehead atoms. The Bertz CT molecular complexity index is 378. The molecule has 0 spiro atoms. The van der Waals surface area contributed by atoms with E-state index in [0.29, 0.717) is 25.0 Å². The lowest BCUT2D eigenvalue weighted by Gasteiger charge is -2.25. The largest absolute Gasteiger partial charge is 0.492 e. The highest BCUT2D eigenvalue weighted by Crippen LogP contribution is 2.49. The van der Waals surface area contributed by atoms with E-state index in [4.69, 9.17) is 13.7 Å². The first-order valence-electron chi connectivity index (χ1n) is 10.8. The third kappa shape index (κ3) is 14.7. The molecule has 0 aromatic carbocycles. The Morgan fingerprint density at radius 3 is 1.63 bits per heavy atom. The minimum atomic E-state index is -3.68. The molecule has 164 valence electrons. The van der Waals surface area contributed by atoms with Crippen molar-refractivity contribution in [3.63, 3.8) is 0 Å². The Balaban J connectivity index is 4.78. The van der Waals surface area contributed by atoms with E-state index in [0.717, 1.165) is 51.4 Å².